The van der Waals surface area contributed by atoms with E-state index in [4.69, 9.17) is 19.4 Å². The van der Waals surface area contributed by atoms with Gasteiger partial charge in [0.2, 0.25) is 0 Å². The lowest BCUT2D eigenvalue weighted by atomic mass is 9.82. The van der Waals surface area contributed by atoms with Crippen molar-refractivity contribution in [2.75, 3.05) is 40.0 Å². The molecule has 1 aromatic carbocycles. The highest BCUT2D eigenvalue weighted by Gasteiger charge is 2.52. The summed E-state index contributed by atoms with van der Waals surface area (Å²) in [6, 6.07) is 9.60. The summed E-state index contributed by atoms with van der Waals surface area (Å²) in [4.78, 5) is 28.2. The minimum atomic E-state index is -5.08. The van der Waals surface area contributed by atoms with Crippen molar-refractivity contribution in [1.82, 2.24) is 9.88 Å². The van der Waals surface area contributed by atoms with Crippen molar-refractivity contribution < 1.29 is 37.3 Å². The Morgan fingerprint density at radius 3 is 2.70 bits per heavy atom. The topological polar surface area (TPSA) is 89.0 Å². The van der Waals surface area contributed by atoms with Crippen LogP contribution in [-0.2, 0) is 14.3 Å². The summed E-state index contributed by atoms with van der Waals surface area (Å²) < 4.78 is 42.8. The maximum absolute atomic E-state index is 13.1. The van der Waals surface area contributed by atoms with Gasteiger partial charge < -0.3 is 19.5 Å². The lowest BCUT2D eigenvalue weighted by Gasteiger charge is -2.26. The molecule has 1 aromatic heterocycles. The standard InChI is InChI=1S/C18H20N2O3.C2HF3O2/c1-22-11-18-10-20(8-13(18)9-23-12-18)17(21)15-6-7-19-16-5-3-2-4-14(15)16;3-2(4,5)1(6)7/h2-7,13H,8-12H2,1H3;(H,6,7)/t13-,18-;/m1./s1. The van der Waals surface area contributed by atoms with Gasteiger partial charge in [-0.15, -0.1) is 0 Å². The number of alkyl halides is 3. The number of likely N-dealkylation sites (tertiary alicyclic amines) is 1. The first-order chi connectivity index (χ1) is 14.2. The number of benzene rings is 1. The molecule has 2 saturated heterocycles. The number of ether oxygens (including phenoxy) is 2. The molecule has 4 rings (SSSR count). The summed E-state index contributed by atoms with van der Waals surface area (Å²) in [5, 5.41) is 8.04. The van der Waals surface area contributed by atoms with Crippen molar-refractivity contribution in [3.63, 3.8) is 0 Å². The number of nitrogens with zero attached hydrogens (tertiary/aromatic N) is 2. The number of hydrogen-bond donors (Lipinski definition) is 1. The number of carboxylic acid groups (broad SMARTS) is 1. The summed E-state index contributed by atoms with van der Waals surface area (Å²) >= 11 is 0. The van der Waals surface area contributed by atoms with Gasteiger partial charge in [-0.2, -0.15) is 13.2 Å². The van der Waals surface area contributed by atoms with Gasteiger partial charge in [-0.1, -0.05) is 18.2 Å². The van der Waals surface area contributed by atoms with E-state index in [0.717, 1.165) is 23.0 Å². The van der Waals surface area contributed by atoms with Gasteiger partial charge in [-0.3, -0.25) is 9.78 Å². The third-order valence-electron chi connectivity index (χ3n) is 5.36. The SMILES string of the molecule is COC[C@]12COC[C@H]1CN(C(=O)c1ccnc3ccccc13)C2.O=C(O)C(F)(F)F. The Bertz CT molecular complexity index is 931. The van der Waals surface area contributed by atoms with Crippen molar-refractivity contribution in [2.24, 2.45) is 11.3 Å². The summed E-state index contributed by atoms with van der Waals surface area (Å²) in [6.07, 6.45) is -3.37. The molecule has 0 saturated carbocycles. The number of carboxylic acids is 1. The van der Waals surface area contributed by atoms with Crippen molar-refractivity contribution in [1.29, 1.82) is 0 Å². The van der Waals surface area contributed by atoms with E-state index in [2.05, 4.69) is 4.98 Å². The van der Waals surface area contributed by atoms with Crippen LogP contribution >= 0.6 is 0 Å². The molecule has 2 aliphatic heterocycles. The Hall–Kier alpha value is -2.72. The molecule has 0 unspecified atom stereocenters. The molecule has 3 heterocycles. The molecule has 7 nitrogen and oxygen atoms in total. The van der Waals surface area contributed by atoms with E-state index in [1.807, 2.05) is 35.2 Å². The van der Waals surface area contributed by atoms with Crippen LogP contribution in [0, 0.1) is 11.3 Å². The van der Waals surface area contributed by atoms with Crippen molar-refractivity contribution in [3.8, 4) is 0 Å². The molecule has 0 bridgehead atoms. The van der Waals surface area contributed by atoms with Gasteiger partial charge in [0.25, 0.3) is 5.91 Å². The summed E-state index contributed by atoms with van der Waals surface area (Å²) in [5.74, 6) is -2.32. The molecule has 30 heavy (non-hydrogen) atoms. The average molecular weight is 426 g/mol. The van der Waals surface area contributed by atoms with E-state index in [9.17, 15) is 18.0 Å². The molecule has 162 valence electrons. The minimum Gasteiger partial charge on any atom is -0.475 e. The molecular weight excluding hydrogens is 405 g/mol. The van der Waals surface area contributed by atoms with Crippen LogP contribution in [0.1, 0.15) is 10.4 Å². The highest BCUT2D eigenvalue weighted by Crippen LogP contribution is 2.42. The maximum Gasteiger partial charge on any atom is 0.490 e. The van der Waals surface area contributed by atoms with Gasteiger partial charge in [0, 0.05) is 43.1 Å². The molecule has 2 atom stereocenters. The van der Waals surface area contributed by atoms with Crippen LogP contribution in [0.15, 0.2) is 36.5 Å². The van der Waals surface area contributed by atoms with Crippen LogP contribution in [0.4, 0.5) is 13.2 Å². The molecule has 1 N–H and O–H groups in total. The molecule has 0 spiro atoms. The second-order valence-corrected chi connectivity index (χ2v) is 7.37. The zero-order chi connectivity index (χ0) is 21.9. The van der Waals surface area contributed by atoms with E-state index in [-0.39, 0.29) is 11.3 Å². The number of carbonyl (C=O) groups excluding carboxylic acids is 1. The predicted molar refractivity (Wildman–Crippen MR) is 100.0 cm³/mol. The number of rotatable bonds is 3. The van der Waals surface area contributed by atoms with Gasteiger partial charge in [-0.25, -0.2) is 4.79 Å². The fourth-order valence-corrected chi connectivity index (χ4v) is 3.93. The molecule has 2 fully saturated rings. The molecule has 1 amide bonds. The molecule has 10 heteroatoms. The molecule has 2 aromatic rings. The second-order valence-electron chi connectivity index (χ2n) is 7.37. The predicted octanol–water partition coefficient (Wildman–Crippen LogP) is 2.60. The summed E-state index contributed by atoms with van der Waals surface area (Å²) in [6.45, 7) is 3.45. The number of aliphatic carboxylic acids is 1. The fourth-order valence-electron chi connectivity index (χ4n) is 3.93. The van der Waals surface area contributed by atoms with Crippen molar-refractivity contribution in [2.45, 2.75) is 6.18 Å². The lowest BCUT2D eigenvalue weighted by Crippen LogP contribution is -2.37. The first kappa shape index (κ1) is 22.0. The lowest BCUT2D eigenvalue weighted by molar-refractivity contribution is -0.192. The first-order valence-electron chi connectivity index (χ1n) is 9.18. The largest absolute Gasteiger partial charge is 0.490 e. The molecule has 2 aliphatic rings. The summed E-state index contributed by atoms with van der Waals surface area (Å²) in [5.41, 5.74) is 1.53. The highest BCUT2D eigenvalue weighted by atomic mass is 19.4. The molecular formula is C20H21F3N2O5. The van der Waals surface area contributed by atoms with E-state index in [0.29, 0.717) is 32.3 Å². The van der Waals surface area contributed by atoms with Crippen LogP contribution in [-0.4, -0.2) is 73.1 Å². The number of amides is 1. The number of hydrogen-bond acceptors (Lipinski definition) is 5. The number of carbonyl (C=O) groups is 2. The smallest absolute Gasteiger partial charge is 0.475 e. The van der Waals surface area contributed by atoms with Crippen LogP contribution in [0.2, 0.25) is 0 Å². The Kier molecular flexibility index (Phi) is 6.27. The number of methoxy groups -OCH3 is 1. The van der Waals surface area contributed by atoms with E-state index in [1.54, 1.807) is 13.3 Å². The first-order valence-corrected chi connectivity index (χ1v) is 9.18. The number of aromatic nitrogens is 1. The zero-order valence-corrected chi connectivity index (χ0v) is 16.2. The van der Waals surface area contributed by atoms with Gasteiger partial charge in [-0.05, 0) is 12.1 Å². The highest BCUT2D eigenvalue weighted by molar-refractivity contribution is 6.06. The van der Waals surface area contributed by atoms with E-state index >= 15 is 0 Å². The third-order valence-corrected chi connectivity index (χ3v) is 5.36. The maximum atomic E-state index is 13.1. The number of para-hydroxylation sites is 1. The Labute approximate surface area is 170 Å². The van der Waals surface area contributed by atoms with Crippen molar-refractivity contribution in [3.05, 3.63) is 42.1 Å². The Balaban J connectivity index is 0.000000318. The average Bonchev–Trinajstić information content (AvgIpc) is 3.24. The van der Waals surface area contributed by atoms with Crippen LogP contribution in [0.3, 0.4) is 0 Å². The normalized spacial score (nSPS) is 23.1. The molecule has 0 radical (unpaired) electrons. The zero-order valence-electron chi connectivity index (χ0n) is 16.2. The van der Waals surface area contributed by atoms with Gasteiger partial charge in [0.05, 0.1) is 30.9 Å². The molecule has 0 aliphatic carbocycles. The van der Waals surface area contributed by atoms with E-state index in [1.165, 1.54) is 0 Å². The monoisotopic (exact) mass is 426 g/mol. The van der Waals surface area contributed by atoms with Gasteiger partial charge >= 0.3 is 12.1 Å². The quantitative estimate of drug-likeness (QED) is 0.812. The number of fused-ring (bicyclic) bond motifs is 2. The van der Waals surface area contributed by atoms with Gasteiger partial charge in [0.1, 0.15) is 0 Å². The Morgan fingerprint density at radius 1 is 1.33 bits per heavy atom. The number of halogens is 3. The summed E-state index contributed by atoms with van der Waals surface area (Å²) in [7, 11) is 1.71. The van der Waals surface area contributed by atoms with Crippen molar-refractivity contribution >= 4 is 22.8 Å². The fraction of sp³-hybridized carbons (Fsp3) is 0.450. The Morgan fingerprint density at radius 2 is 2.03 bits per heavy atom. The second kappa shape index (κ2) is 8.57. The third kappa shape index (κ3) is 4.39. The van der Waals surface area contributed by atoms with Crippen LogP contribution in [0.5, 0.6) is 0 Å². The van der Waals surface area contributed by atoms with Crippen LogP contribution in [0.25, 0.3) is 10.9 Å². The minimum absolute atomic E-state index is 0.0484. The van der Waals surface area contributed by atoms with Gasteiger partial charge in [0.15, 0.2) is 0 Å². The number of pyridine rings is 1. The van der Waals surface area contributed by atoms with Crippen LogP contribution < -0.4 is 0 Å². The van der Waals surface area contributed by atoms with E-state index < -0.39 is 12.1 Å².